The maximum atomic E-state index is 10.6. The third-order valence-corrected chi connectivity index (χ3v) is 3.36. The predicted octanol–water partition coefficient (Wildman–Crippen LogP) is -1.55. The molecule has 0 aliphatic heterocycles. The summed E-state index contributed by atoms with van der Waals surface area (Å²) in [5, 5.41) is 10.2. The quantitative estimate of drug-likeness (QED) is 0.577. The van der Waals surface area contributed by atoms with Crippen molar-refractivity contribution in [1.29, 1.82) is 0 Å². The fourth-order valence-corrected chi connectivity index (χ4v) is 2.08. The summed E-state index contributed by atoms with van der Waals surface area (Å²) in [4.78, 5) is 10.6. The van der Waals surface area contributed by atoms with Crippen LogP contribution in [0.15, 0.2) is 30.3 Å². The number of benzene rings is 1. The number of aliphatic carboxylic acids is 1. The first kappa shape index (κ1) is 15.0. The van der Waals surface area contributed by atoms with Gasteiger partial charge in [-0.25, -0.2) is 0 Å². The molecule has 0 saturated heterocycles. The molecule has 0 spiro atoms. The van der Waals surface area contributed by atoms with Crippen LogP contribution in [0.5, 0.6) is 0 Å². The molecule has 0 bridgehead atoms. The number of hydrogen-bond donors (Lipinski definition) is 0. The standard InChI is InChI=1S/C11H14O2S.Na/c1-2-10(11(12)13)14-8-9-6-4-3-5-7-9;/h3-7,10H,2,8H2,1H3,(H,12,13);/q;+1/p-1. The minimum atomic E-state index is -0.964. The first-order valence-corrected chi connectivity index (χ1v) is 5.65. The Hall–Kier alpha value is 0.0400. The van der Waals surface area contributed by atoms with E-state index in [9.17, 15) is 9.90 Å². The average Bonchev–Trinajstić information content (AvgIpc) is 2.20. The van der Waals surface area contributed by atoms with E-state index in [0.29, 0.717) is 6.42 Å². The summed E-state index contributed by atoms with van der Waals surface area (Å²) in [6.07, 6.45) is 0.611. The van der Waals surface area contributed by atoms with Gasteiger partial charge in [0.1, 0.15) is 0 Å². The summed E-state index contributed by atoms with van der Waals surface area (Å²) in [6.45, 7) is 1.86. The summed E-state index contributed by atoms with van der Waals surface area (Å²) in [7, 11) is 0. The van der Waals surface area contributed by atoms with E-state index < -0.39 is 11.2 Å². The minimum absolute atomic E-state index is 0. The van der Waals surface area contributed by atoms with Gasteiger partial charge in [-0.1, -0.05) is 37.3 Å². The molecule has 0 radical (unpaired) electrons. The van der Waals surface area contributed by atoms with Gasteiger partial charge in [-0.05, 0) is 12.0 Å². The molecule has 0 aliphatic carbocycles. The molecule has 1 atom stereocenters. The van der Waals surface area contributed by atoms with Gasteiger partial charge in [0.2, 0.25) is 0 Å². The van der Waals surface area contributed by atoms with Crippen molar-refractivity contribution in [2.75, 3.05) is 0 Å². The smallest absolute Gasteiger partial charge is 0.549 e. The molecule has 1 aromatic rings. The van der Waals surface area contributed by atoms with E-state index >= 15 is 0 Å². The van der Waals surface area contributed by atoms with Gasteiger partial charge in [-0.15, -0.1) is 11.8 Å². The number of carboxylic acids is 1. The number of thioether (sulfide) groups is 1. The predicted molar refractivity (Wildman–Crippen MR) is 56.8 cm³/mol. The summed E-state index contributed by atoms with van der Waals surface area (Å²) < 4.78 is 0. The van der Waals surface area contributed by atoms with E-state index in [0.717, 1.165) is 11.3 Å². The minimum Gasteiger partial charge on any atom is -0.549 e. The van der Waals surface area contributed by atoms with E-state index in [2.05, 4.69) is 0 Å². The Morgan fingerprint density at radius 3 is 2.47 bits per heavy atom. The van der Waals surface area contributed by atoms with Gasteiger partial charge < -0.3 is 9.90 Å². The molecule has 76 valence electrons. The van der Waals surface area contributed by atoms with Crippen LogP contribution in [0.1, 0.15) is 18.9 Å². The van der Waals surface area contributed by atoms with Crippen LogP contribution in [0.3, 0.4) is 0 Å². The zero-order chi connectivity index (χ0) is 10.4. The Morgan fingerprint density at radius 2 is 2.00 bits per heavy atom. The summed E-state index contributed by atoms with van der Waals surface area (Å²) in [5.41, 5.74) is 1.15. The van der Waals surface area contributed by atoms with Crippen molar-refractivity contribution < 1.29 is 39.5 Å². The van der Waals surface area contributed by atoms with Crippen LogP contribution in [-0.4, -0.2) is 11.2 Å². The maximum absolute atomic E-state index is 10.6. The largest absolute Gasteiger partial charge is 1.00 e. The molecular weight excluding hydrogens is 219 g/mol. The van der Waals surface area contributed by atoms with Crippen LogP contribution >= 0.6 is 11.8 Å². The topological polar surface area (TPSA) is 40.1 Å². The first-order chi connectivity index (χ1) is 6.74. The molecule has 1 aromatic carbocycles. The Morgan fingerprint density at radius 1 is 1.40 bits per heavy atom. The molecule has 0 aliphatic rings. The Balaban J connectivity index is 0.00000196. The van der Waals surface area contributed by atoms with Crippen molar-refractivity contribution in [1.82, 2.24) is 0 Å². The average molecular weight is 232 g/mol. The third-order valence-electron chi connectivity index (χ3n) is 1.93. The van der Waals surface area contributed by atoms with E-state index in [1.165, 1.54) is 11.8 Å². The van der Waals surface area contributed by atoms with Crippen LogP contribution < -0.4 is 34.7 Å². The second-order valence-electron chi connectivity index (χ2n) is 3.01. The Labute approximate surface area is 117 Å². The van der Waals surface area contributed by atoms with E-state index in [4.69, 9.17) is 0 Å². The normalized spacial score (nSPS) is 11.5. The maximum Gasteiger partial charge on any atom is 1.00 e. The number of carboxylic acid groups (broad SMARTS) is 1. The molecule has 2 nitrogen and oxygen atoms in total. The van der Waals surface area contributed by atoms with Crippen molar-refractivity contribution in [2.24, 2.45) is 0 Å². The van der Waals surface area contributed by atoms with Gasteiger partial charge in [-0.3, -0.25) is 0 Å². The molecule has 15 heavy (non-hydrogen) atoms. The fourth-order valence-electron chi connectivity index (χ4n) is 1.12. The molecule has 1 rings (SSSR count). The van der Waals surface area contributed by atoms with E-state index in [1.54, 1.807) is 0 Å². The van der Waals surface area contributed by atoms with Crippen molar-refractivity contribution in [3.05, 3.63) is 35.9 Å². The van der Waals surface area contributed by atoms with Crippen LogP contribution in [0, 0.1) is 0 Å². The van der Waals surface area contributed by atoms with Crippen molar-refractivity contribution in [3.63, 3.8) is 0 Å². The second-order valence-corrected chi connectivity index (χ2v) is 4.20. The summed E-state index contributed by atoms with van der Waals surface area (Å²) in [5.74, 6) is -0.235. The van der Waals surface area contributed by atoms with Crippen molar-refractivity contribution in [2.45, 2.75) is 24.3 Å². The zero-order valence-corrected chi connectivity index (χ0v) is 11.9. The SMILES string of the molecule is CCC(SCc1ccccc1)C(=O)[O-].[Na+]. The van der Waals surface area contributed by atoms with Crippen molar-refractivity contribution >= 4 is 17.7 Å². The van der Waals surface area contributed by atoms with Crippen LogP contribution in [0.2, 0.25) is 0 Å². The Bertz CT molecular complexity index is 290. The first-order valence-electron chi connectivity index (χ1n) is 4.60. The number of carbonyl (C=O) groups excluding carboxylic acids is 1. The van der Waals surface area contributed by atoms with Gasteiger partial charge in [0.15, 0.2) is 0 Å². The summed E-state index contributed by atoms with van der Waals surface area (Å²) >= 11 is 1.42. The summed E-state index contributed by atoms with van der Waals surface area (Å²) in [6, 6.07) is 9.85. The monoisotopic (exact) mass is 232 g/mol. The molecule has 4 heteroatoms. The second kappa shape index (κ2) is 8.22. The van der Waals surface area contributed by atoms with Gasteiger partial charge in [0, 0.05) is 11.0 Å². The van der Waals surface area contributed by atoms with Crippen molar-refractivity contribution in [3.8, 4) is 0 Å². The molecule has 0 fully saturated rings. The molecular formula is C11H13NaO2S. The molecule has 0 N–H and O–H groups in total. The molecule has 1 unspecified atom stereocenters. The van der Waals surface area contributed by atoms with E-state index in [1.807, 2.05) is 37.3 Å². The molecule has 0 heterocycles. The van der Waals surface area contributed by atoms with Gasteiger partial charge in [-0.2, -0.15) is 0 Å². The zero-order valence-electron chi connectivity index (χ0n) is 9.10. The number of carbonyl (C=O) groups is 1. The molecule has 0 amide bonds. The Kier molecular flexibility index (Phi) is 8.24. The van der Waals surface area contributed by atoms with Gasteiger partial charge in [0.05, 0.1) is 5.97 Å². The van der Waals surface area contributed by atoms with Crippen LogP contribution in [-0.2, 0) is 10.5 Å². The molecule has 0 saturated carbocycles. The van der Waals surface area contributed by atoms with E-state index in [-0.39, 0.29) is 29.6 Å². The number of hydrogen-bond acceptors (Lipinski definition) is 3. The molecule has 0 aromatic heterocycles. The fraction of sp³-hybridized carbons (Fsp3) is 0.364. The number of rotatable bonds is 5. The van der Waals surface area contributed by atoms with Gasteiger partial charge >= 0.3 is 29.6 Å². The van der Waals surface area contributed by atoms with Gasteiger partial charge in [0.25, 0.3) is 0 Å². The van der Waals surface area contributed by atoms with Crippen LogP contribution in [0.4, 0.5) is 0 Å². The van der Waals surface area contributed by atoms with Crippen LogP contribution in [0.25, 0.3) is 0 Å². The third kappa shape index (κ3) is 5.61.